The highest BCUT2D eigenvalue weighted by Gasteiger charge is 2.32. The van der Waals surface area contributed by atoms with Crippen LogP contribution in [0.3, 0.4) is 0 Å². The highest BCUT2D eigenvalue weighted by Crippen LogP contribution is 2.15. The number of hydrogen-bond donors (Lipinski definition) is 3. The number of carboxylic acid groups (broad SMARTS) is 1. The van der Waals surface area contributed by atoms with Gasteiger partial charge in [0.25, 0.3) is 0 Å². The summed E-state index contributed by atoms with van der Waals surface area (Å²) in [6, 6.07) is -0.794. The summed E-state index contributed by atoms with van der Waals surface area (Å²) in [7, 11) is 0. The van der Waals surface area contributed by atoms with E-state index in [0.717, 1.165) is 9.80 Å². The predicted octanol–water partition coefficient (Wildman–Crippen LogP) is -1.44. The van der Waals surface area contributed by atoms with Gasteiger partial charge in [-0.3, -0.25) is 14.4 Å². The van der Waals surface area contributed by atoms with Crippen molar-refractivity contribution in [2.75, 3.05) is 19.6 Å². The molecule has 0 aliphatic carbocycles. The van der Waals surface area contributed by atoms with Gasteiger partial charge in [-0.2, -0.15) is 0 Å². The highest BCUT2D eigenvalue weighted by molar-refractivity contribution is 5.89. The summed E-state index contributed by atoms with van der Waals surface area (Å²) in [4.78, 5) is 46.8. The minimum absolute atomic E-state index is 0.520. The Hall–Kier alpha value is -2.32. The number of aliphatic carboxylic acids is 1. The van der Waals surface area contributed by atoms with Crippen molar-refractivity contribution >= 4 is 23.8 Å². The topological polar surface area (TPSA) is 147 Å². The van der Waals surface area contributed by atoms with E-state index in [9.17, 15) is 19.2 Å². The lowest BCUT2D eigenvalue weighted by molar-refractivity contribution is -0.138. The molecule has 9 nitrogen and oxygen atoms in total. The van der Waals surface area contributed by atoms with Crippen LogP contribution < -0.4 is 11.5 Å². The van der Waals surface area contributed by atoms with Gasteiger partial charge >= 0.3 is 12.0 Å². The fourth-order valence-corrected chi connectivity index (χ4v) is 1.47. The second-order valence-electron chi connectivity index (χ2n) is 5.22. The molecule has 114 valence electrons. The number of primary amides is 2. The van der Waals surface area contributed by atoms with Gasteiger partial charge in [-0.25, -0.2) is 4.79 Å². The summed E-state index contributed by atoms with van der Waals surface area (Å²) >= 11 is 0. The number of urea groups is 1. The minimum atomic E-state index is -1.22. The van der Waals surface area contributed by atoms with Gasteiger partial charge in [0, 0.05) is 5.54 Å². The van der Waals surface area contributed by atoms with E-state index >= 15 is 0 Å². The second kappa shape index (κ2) is 6.73. The number of nitrogens with zero attached hydrogens (tertiary/aromatic N) is 2. The number of amides is 4. The van der Waals surface area contributed by atoms with E-state index in [1.807, 2.05) is 0 Å². The number of nitrogens with two attached hydrogens (primary N) is 2. The molecular weight excluding hydrogens is 268 g/mol. The Labute approximate surface area is 116 Å². The molecule has 0 radical (unpaired) electrons. The van der Waals surface area contributed by atoms with Gasteiger partial charge in [0.2, 0.25) is 11.8 Å². The average Bonchev–Trinajstić information content (AvgIpc) is 2.20. The Bertz CT molecular complexity index is 400. The molecule has 20 heavy (non-hydrogen) atoms. The second-order valence-corrected chi connectivity index (χ2v) is 5.22. The van der Waals surface area contributed by atoms with Crippen molar-refractivity contribution in [3.05, 3.63) is 0 Å². The molecule has 9 heteroatoms. The largest absolute Gasteiger partial charge is 0.480 e. The summed E-state index contributed by atoms with van der Waals surface area (Å²) in [6.07, 6.45) is 0. The first-order valence-electron chi connectivity index (χ1n) is 5.80. The van der Waals surface area contributed by atoms with Crippen molar-refractivity contribution in [2.24, 2.45) is 11.5 Å². The van der Waals surface area contributed by atoms with Gasteiger partial charge in [-0.05, 0) is 20.8 Å². The van der Waals surface area contributed by atoms with Crippen LogP contribution in [0.1, 0.15) is 20.8 Å². The molecule has 0 saturated heterocycles. The lowest BCUT2D eigenvalue weighted by atomic mass is 10.1. The van der Waals surface area contributed by atoms with Crippen LogP contribution in [-0.2, 0) is 14.4 Å². The van der Waals surface area contributed by atoms with Crippen molar-refractivity contribution in [3.8, 4) is 0 Å². The zero-order valence-corrected chi connectivity index (χ0v) is 11.8. The maximum absolute atomic E-state index is 12.3. The quantitative estimate of drug-likeness (QED) is 0.547. The fourth-order valence-electron chi connectivity index (χ4n) is 1.47. The third-order valence-corrected chi connectivity index (χ3v) is 2.30. The summed E-state index contributed by atoms with van der Waals surface area (Å²) in [6.45, 7) is 3.26. The Kier molecular flexibility index (Phi) is 5.95. The summed E-state index contributed by atoms with van der Waals surface area (Å²) in [5.41, 5.74) is 9.18. The first-order chi connectivity index (χ1) is 8.95. The maximum atomic E-state index is 12.3. The van der Waals surface area contributed by atoms with E-state index in [0.29, 0.717) is 0 Å². The molecule has 0 aliphatic rings. The lowest BCUT2D eigenvalue weighted by Crippen LogP contribution is -2.56. The SMILES string of the molecule is CC(C)(C)N(CC(=O)O)C(=O)N(CC(N)=O)CC(N)=O. The average molecular weight is 288 g/mol. The van der Waals surface area contributed by atoms with Gasteiger partial charge in [-0.1, -0.05) is 0 Å². The van der Waals surface area contributed by atoms with Crippen LogP contribution in [0.5, 0.6) is 0 Å². The molecule has 0 rings (SSSR count). The van der Waals surface area contributed by atoms with Crippen molar-refractivity contribution in [2.45, 2.75) is 26.3 Å². The third kappa shape index (κ3) is 6.03. The first-order valence-corrected chi connectivity index (χ1v) is 5.80. The van der Waals surface area contributed by atoms with Crippen LogP contribution in [0, 0.1) is 0 Å². The number of hydrogen-bond acceptors (Lipinski definition) is 4. The molecule has 0 bridgehead atoms. The monoisotopic (exact) mass is 288 g/mol. The zero-order chi connectivity index (χ0) is 16.1. The van der Waals surface area contributed by atoms with Crippen LogP contribution in [0.25, 0.3) is 0 Å². The summed E-state index contributed by atoms with van der Waals surface area (Å²) in [5.74, 6) is -2.88. The first kappa shape index (κ1) is 17.7. The molecule has 0 fully saturated rings. The molecule has 0 aromatic carbocycles. The Balaban J connectivity index is 5.28. The molecule has 0 heterocycles. The summed E-state index contributed by atoms with van der Waals surface area (Å²) in [5, 5.41) is 8.85. The van der Waals surface area contributed by atoms with E-state index in [1.165, 1.54) is 0 Å². The van der Waals surface area contributed by atoms with E-state index in [4.69, 9.17) is 16.6 Å². The van der Waals surface area contributed by atoms with Gasteiger partial charge < -0.3 is 26.4 Å². The Morgan fingerprint density at radius 1 is 0.950 bits per heavy atom. The van der Waals surface area contributed by atoms with Crippen molar-refractivity contribution < 1.29 is 24.3 Å². The standard InChI is InChI=1S/C11H20N4O5/c1-11(2,3)15(6-9(18)19)10(20)14(4-7(12)16)5-8(13)17/h4-6H2,1-3H3,(H2,12,16)(H2,13,17)(H,18,19). The smallest absolute Gasteiger partial charge is 0.323 e. The molecule has 0 aromatic heterocycles. The van der Waals surface area contributed by atoms with Crippen LogP contribution in [-0.4, -0.2) is 63.9 Å². The van der Waals surface area contributed by atoms with Crippen molar-refractivity contribution in [3.63, 3.8) is 0 Å². The Morgan fingerprint density at radius 2 is 1.35 bits per heavy atom. The fraction of sp³-hybridized carbons (Fsp3) is 0.636. The van der Waals surface area contributed by atoms with Crippen LogP contribution in [0.2, 0.25) is 0 Å². The van der Waals surface area contributed by atoms with E-state index in [1.54, 1.807) is 20.8 Å². The van der Waals surface area contributed by atoms with Gasteiger partial charge in [-0.15, -0.1) is 0 Å². The Morgan fingerprint density at radius 3 is 1.60 bits per heavy atom. The summed E-state index contributed by atoms with van der Waals surface area (Å²) < 4.78 is 0. The maximum Gasteiger partial charge on any atom is 0.323 e. The zero-order valence-electron chi connectivity index (χ0n) is 11.8. The van der Waals surface area contributed by atoms with Gasteiger partial charge in [0.15, 0.2) is 0 Å². The molecule has 0 saturated carbocycles. The highest BCUT2D eigenvalue weighted by atomic mass is 16.4. The van der Waals surface area contributed by atoms with Crippen molar-refractivity contribution in [1.29, 1.82) is 0 Å². The number of carbonyl (C=O) groups excluding carboxylic acids is 3. The molecule has 0 atom stereocenters. The minimum Gasteiger partial charge on any atom is -0.480 e. The van der Waals surface area contributed by atoms with E-state index in [-0.39, 0.29) is 0 Å². The van der Waals surface area contributed by atoms with E-state index < -0.39 is 49.0 Å². The normalized spacial score (nSPS) is 10.8. The molecule has 0 aromatic rings. The molecular formula is C11H20N4O5. The molecule has 0 aliphatic heterocycles. The lowest BCUT2D eigenvalue weighted by Gasteiger charge is -2.37. The number of carbonyl (C=O) groups is 4. The van der Waals surface area contributed by atoms with Crippen LogP contribution in [0.4, 0.5) is 4.79 Å². The molecule has 0 unspecified atom stereocenters. The molecule has 4 amide bonds. The van der Waals surface area contributed by atoms with Crippen molar-refractivity contribution in [1.82, 2.24) is 9.80 Å². The van der Waals surface area contributed by atoms with Crippen LogP contribution in [0.15, 0.2) is 0 Å². The van der Waals surface area contributed by atoms with E-state index in [2.05, 4.69) is 0 Å². The third-order valence-electron chi connectivity index (χ3n) is 2.30. The predicted molar refractivity (Wildman–Crippen MR) is 69.5 cm³/mol. The number of carboxylic acids is 1. The number of rotatable bonds is 6. The molecule has 5 N–H and O–H groups in total. The van der Waals surface area contributed by atoms with Crippen LogP contribution >= 0.6 is 0 Å². The molecule has 0 spiro atoms. The van der Waals surface area contributed by atoms with Gasteiger partial charge in [0.1, 0.15) is 19.6 Å². The van der Waals surface area contributed by atoms with Gasteiger partial charge in [0.05, 0.1) is 0 Å².